The van der Waals surface area contributed by atoms with Gasteiger partial charge in [0.25, 0.3) is 5.91 Å². The summed E-state index contributed by atoms with van der Waals surface area (Å²) in [6.45, 7) is 4.14. The van der Waals surface area contributed by atoms with Gasteiger partial charge in [-0.2, -0.15) is 0 Å². The molecule has 1 aliphatic heterocycles. The first-order valence-electron chi connectivity index (χ1n) is 11.4. The molecule has 8 nitrogen and oxygen atoms in total. The Hall–Kier alpha value is -4.20. The molecule has 1 aromatic heterocycles. The van der Waals surface area contributed by atoms with Crippen LogP contribution in [0.3, 0.4) is 0 Å². The summed E-state index contributed by atoms with van der Waals surface area (Å²) in [6.07, 6.45) is 0.734. The molecule has 2 aliphatic rings. The van der Waals surface area contributed by atoms with Gasteiger partial charge < -0.3 is 14.7 Å². The van der Waals surface area contributed by atoms with Crippen LogP contribution in [-0.4, -0.2) is 52.2 Å². The van der Waals surface area contributed by atoms with Crippen LogP contribution in [0.15, 0.2) is 66.9 Å². The normalized spacial score (nSPS) is 17.7. The lowest BCUT2D eigenvalue weighted by Crippen LogP contribution is -2.67. The summed E-state index contributed by atoms with van der Waals surface area (Å²) in [5.74, 6) is -1.54. The SMILES string of the molecule is CC1(C)CN(C(=O)c2ccc(NC(=O)OCC3c4ccccc4-c4ccccc43)cn2)C1C(=O)O. The maximum Gasteiger partial charge on any atom is 0.411 e. The molecule has 2 aromatic carbocycles. The zero-order valence-corrected chi connectivity index (χ0v) is 19.4. The molecule has 3 aromatic rings. The molecule has 1 aliphatic carbocycles. The largest absolute Gasteiger partial charge is 0.480 e. The molecule has 1 saturated heterocycles. The summed E-state index contributed by atoms with van der Waals surface area (Å²) in [4.78, 5) is 42.1. The number of carboxylic acid groups (broad SMARTS) is 1. The van der Waals surface area contributed by atoms with Crippen molar-refractivity contribution in [2.45, 2.75) is 25.8 Å². The predicted molar refractivity (Wildman–Crippen MR) is 129 cm³/mol. The summed E-state index contributed by atoms with van der Waals surface area (Å²) < 4.78 is 5.53. The number of carbonyl (C=O) groups is 3. The highest BCUT2D eigenvalue weighted by Crippen LogP contribution is 2.44. The van der Waals surface area contributed by atoms with Gasteiger partial charge in [-0.1, -0.05) is 62.4 Å². The van der Waals surface area contributed by atoms with Crippen molar-refractivity contribution >= 4 is 23.7 Å². The Kier molecular flexibility index (Phi) is 5.51. The minimum atomic E-state index is -1.04. The molecule has 0 saturated carbocycles. The van der Waals surface area contributed by atoms with Crippen LogP contribution in [0, 0.1) is 5.41 Å². The number of anilines is 1. The second-order valence-corrected chi connectivity index (χ2v) is 9.55. The van der Waals surface area contributed by atoms with Crippen LogP contribution in [0.25, 0.3) is 11.1 Å². The van der Waals surface area contributed by atoms with E-state index >= 15 is 0 Å². The second-order valence-electron chi connectivity index (χ2n) is 9.55. The Bertz CT molecular complexity index is 1270. The van der Waals surface area contributed by atoms with Crippen molar-refractivity contribution in [2.24, 2.45) is 5.41 Å². The van der Waals surface area contributed by atoms with Crippen molar-refractivity contribution in [1.29, 1.82) is 0 Å². The number of likely N-dealkylation sites (tertiary alicyclic amines) is 1. The maximum absolute atomic E-state index is 12.7. The number of ether oxygens (including phenoxy) is 1. The van der Waals surface area contributed by atoms with E-state index in [1.165, 1.54) is 17.2 Å². The molecular weight excluding hydrogens is 446 g/mol. The fraction of sp³-hybridized carbons (Fsp3) is 0.259. The van der Waals surface area contributed by atoms with Crippen LogP contribution < -0.4 is 5.32 Å². The van der Waals surface area contributed by atoms with Crippen LogP contribution in [-0.2, 0) is 9.53 Å². The Balaban J connectivity index is 1.21. The van der Waals surface area contributed by atoms with Crippen LogP contribution in [0.5, 0.6) is 0 Å². The highest BCUT2D eigenvalue weighted by Gasteiger charge is 2.52. The lowest BCUT2D eigenvalue weighted by Gasteiger charge is -2.51. The van der Waals surface area contributed by atoms with Gasteiger partial charge in [-0.05, 0) is 34.4 Å². The van der Waals surface area contributed by atoms with Gasteiger partial charge in [0.05, 0.1) is 11.9 Å². The zero-order valence-electron chi connectivity index (χ0n) is 19.4. The van der Waals surface area contributed by atoms with Crippen molar-refractivity contribution < 1.29 is 24.2 Å². The standard InChI is InChI=1S/C27H25N3O5/c1-27(2)15-30(23(27)25(32)33)24(31)22-12-11-16(13-28-22)29-26(34)35-14-21-19-9-5-3-7-17(19)18-8-4-6-10-20(18)21/h3-13,21,23H,14-15H2,1-2H3,(H,29,34)(H,32,33). The smallest absolute Gasteiger partial charge is 0.411 e. The van der Waals surface area contributed by atoms with Crippen LogP contribution in [0.2, 0.25) is 0 Å². The van der Waals surface area contributed by atoms with E-state index in [0.717, 1.165) is 22.3 Å². The molecule has 0 bridgehead atoms. The average Bonchev–Trinajstić information content (AvgIpc) is 3.15. The molecule has 2 heterocycles. The van der Waals surface area contributed by atoms with E-state index in [0.29, 0.717) is 12.2 Å². The number of aromatic nitrogens is 1. The molecule has 1 atom stereocenters. The van der Waals surface area contributed by atoms with Gasteiger partial charge in [0.2, 0.25) is 0 Å². The number of hydrogen-bond acceptors (Lipinski definition) is 5. The summed E-state index contributed by atoms with van der Waals surface area (Å²) >= 11 is 0. The fourth-order valence-electron chi connectivity index (χ4n) is 5.08. The van der Waals surface area contributed by atoms with Crippen LogP contribution in [0.4, 0.5) is 10.5 Å². The van der Waals surface area contributed by atoms with Crippen molar-refractivity contribution in [3.05, 3.63) is 83.7 Å². The number of aliphatic carboxylic acids is 1. The summed E-state index contributed by atoms with van der Waals surface area (Å²) in [5.41, 5.74) is 4.55. The van der Waals surface area contributed by atoms with E-state index in [-0.39, 0.29) is 18.2 Å². The number of hydrogen-bond donors (Lipinski definition) is 2. The van der Waals surface area contributed by atoms with Crippen molar-refractivity contribution in [1.82, 2.24) is 9.88 Å². The van der Waals surface area contributed by atoms with Crippen molar-refractivity contribution in [3.63, 3.8) is 0 Å². The molecule has 5 rings (SSSR count). The van der Waals surface area contributed by atoms with Gasteiger partial charge >= 0.3 is 12.1 Å². The number of rotatable bonds is 5. The average molecular weight is 472 g/mol. The molecule has 178 valence electrons. The number of pyridine rings is 1. The van der Waals surface area contributed by atoms with E-state index in [2.05, 4.69) is 34.6 Å². The lowest BCUT2D eigenvalue weighted by molar-refractivity contribution is -0.156. The van der Waals surface area contributed by atoms with Gasteiger partial charge in [-0.15, -0.1) is 0 Å². The van der Waals surface area contributed by atoms with E-state index in [9.17, 15) is 19.5 Å². The van der Waals surface area contributed by atoms with Gasteiger partial charge in [0.1, 0.15) is 18.3 Å². The molecule has 0 spiro atoms. The maximum atomic E-state index is 12.7. The van der Waals surface area contributed by atoms with Gasteiger partial charge in [0, 0.05) is 17.9 Å². The van der Waals surface area contributed by atoms with E-state index in [1.807, 2.05) is 38.1 Å². The first kappa shape index (κ1) is 22.6. The Morgan fingerprint density at radius 2 is 1.66 bits per heavy atom. The van der Waals surface area contributed by atoms with E-state index in [4.69, 9.17) is 4.74 Å². The molecule has 2 N–H and O–H groups in total. The van der Waals surface area contributed by atoms with E-state index < -0.39 is 29.4 Å². The first-order valence-corrected chi connectivity index (χ1v) is 11.4. The van der Waals surface area contributed by atoms with Gasteiger partial charge in [-0.3, -0.25) is 10.1 Å². The molecule has 1 fully saturated rings. The fourth-order valence-corrected chi connectivity index (χ4v) is 5.08. The first-order chi connectivity index (χ1) is 16.8. The number of nitrogens with zero attached hydrogens (tertiary/aromatic N) is 2. The number of nitrogens with one attached hydrogen (secondary N) is 1. The molecule has 2 amide bonds. The third kappa shape index (κ3) is 4.01. The summed E-state index contributed by atoms with van der Waals surface area (Å²) in [6, 6.07) is 18.3. The zero-order chi connectivity index (χ0) is 24.7. The minimum absolute atomic E-state index is 0.0470. The third-order valence-corrected chi connectivity index (χ3v) is 6.70. The molecule has 0 radical (unpaired) electrons. The second kappa shape index (κ2) is 8.54. The Morgan fingerprint density at radius 3 is 2.20 bits per heavy atom. The van der Waals surface area contributed by atoms with Crippen molar-refractivity contribution in [2.75, 3.05) is 18.5 Å². The number of carboxylic acids is 1. The highest BCUT2D eigenvalue weighted by molar-refractivity contribution is 5.97. The van der Waals surface area contributed by atoms with Crippen LogP contribution in [0.1, 0.15) is 41.4 Å². The Morgan fingerprint density at radius 1 is 1.03 bits per heavy atom. The molecule has 1 unspecified atom stereocenters. The van der Waals surface area contributed by atoms with Crippen LogP contribution >= 0.6 is 0 Å². The highest BCUT2D eigenvalue weighted by atomic mass is 16.5. The molecule has 8 heteroatoms. The number of fused-ring (bicyclic) bond motifs is 3. The molecular formula is C27H25N3O5. The van der Waals surface area contributed by atoms with Gasteiger partial charge in [0.15, 0.2) is 0 Å². The number of carbonyl (C=O) groups excluding carboxylic acids is 2. The van der Waals surface area contributed by atoms with Crippen molar-refractivity contribution in [3.8, 4) is 11.1 Å². The lowest BCUT2D eigenvalue weighted by atomic mass is 9.74. The number of benzene rings is 2. The van der Waals surface area contributed by atoms with E-state index in [1.54, 1.807) is 6.07 Å². The Labute approximate surface area is 202 Å². The summed E-state index contributed by atoms with van der Waals surface area (Å²) in [5, 5.41) is 12.1. The predicted octanol–water partition coefficient (Wildman–Crippen LogP) is 4.38. The quantitative estimate of drug-likeness (QED) is 0.572. The minimum Gasteiger partial charge on any atom is -0.480 e. The third-order valence-electron chi connectivity index (χ3n) is 6.70. The van der Waals surface area contributed by atoms with Gasteiger partial charge in [-0.25, -0.2) is 14.6 Å². The molecule has 35 heavy (non-hydrogen) atoms. The summed E-state index contributed by atoms with van der Waals surface area (Å²) in [7, 11) is 0. The monoisotopic (exact) mass is 471 g/mol. The topological polar surface area (TPSA) is 109 Å². The number of amides is 2.